The van der Waals surface area contributed by atoms with Gasteiger partial charge in [0.05, 0.1) is 12.7 Å². The van der Waals surface area contributed by atoms with Crippen molar-refractivity contribution in [3.05, 3.63) is 12.2 Å². The molecule has 0 saturated carbocycles. The smallest absolute Gasteiger partial charge is 0.142 e. The van der Waals surface area contributed by atoms with Crippen LogP contribution in [0.25, 0.3) is 0 Å². The van der Waals surface area contributed by atoms with Crippen molar-refractivity contribution in [3.63, 3.8) is 0 Å². The lowest BCUT2D eigenvalue weighted by molar-refractivity contribution is -0.104. The van der Waals surface area contributed by atoms with Gasteiger partial charge in [0, 0.05) is 0 Å². The van der Waals surface area contributed by atoms with Crippen molar-refractivity contribution in [3.8, 4) is 0 Å². The van der Waals surface area contributed by atoms with E-state index in [9.17, 15) is 4.79 Å². The van der Waals surface area contributed by atoms with Crippen LogP contribution in [-0.2, 0) is 9.53 Å². The summed E-state index contributed by atoms with van der Waals surface area (Å²) in [5.41, 5.74) is 0. The summed E-state index contributed by atoms with van der Waals surface area (Å²) < 4.78 is 4.76. The maximum atomic E-state index is 9.59. The Morgan fingerprint density at radius 2 is 2.43 bits per heavy atom. The largest absolute Gasteiger partial charge is 0.369 e. The summed E-state index contributed by atoms with van der Waals surface area (Å²) in [6.07, 6.45) is 4.19. The van der Waals surface area contributed by atoms with Gasteiger partial charge in [-0.25, -0.2) is 0 Å². The molecule has 1 unspecified atom stereocenters. The quantitative estimate of drug-likeness (QED) is 0.279. The van der Waals surface area contributed by atoms with E-state index in [2.05, 4.69) is 0 Å². The van der Waals surface area contributed by atoms with Crippen LogP contribution in [0.1, 0.15) is 0 Å². The zero-order valence-electron chi connectivity index (χ0n) is 3.83. The number of epoxide rings is 1. The van der Waals surface area contributed by atoms with E-state index in [-0.39, 0.29) is 6.10 Å². The van der Waals surface area contributed by atoms with Gasteiger partial charge in [-0.15, -0.1) is 0 Å². The second kappa shape index (κ2) is 1.89. The summed E-state index contributed by atoms with van der Waals surface area (Å²) in [6, 6.07) is 0. The van der Waals surface area contributed by atoms with Gasteiger partial charge in [0.25, 0.3) is 0 Å². The standard InChI is InChI=1S/C5H6O2/c6-3-1-2-5-4-7-5/h1-3,5H,4H2. The lowest BCUT2D eigenvalue weighted by Crippen LogP contribution is -1.72. The Kier molecular flexibility index (Phi) is 1.22. The van der Waals surface area contributed by atoms with Gasteiger partial charge in [0.15, 0.2) is 0 Å². The van der Waals surface area contributed by atoms with Gasteiger partial charge >= 0.3 is 0 Å². The third kappa shape index (κ3) is 1.50. The van der Waals surface area contributed by atoms with E-state index < -0.39 is 0 Å². The topological polar surface area (TPSA) is 29.6 Å². The van der Waals surface area contributed by atoms with Gasteiger partial charge in [-0.3, -0.25) is 4.79 Å². The highest BCUT2D eigenvalue weighted by molar-refractivity contribution is 5.64. The molecule has 1 saturated heterocycles. The van der Waals surface area contributed by atoms with E-state index >= 15 is 0 Å². The number of rotatable bonds is 2. The highest BCUT2D eigenvalue weighted by Crippen LogP contribution is 2.08. The summed E-state index contributed by atoms with van der Waals surface area (Å²) in [5.74, 6) is 0. The second-order valence-corrected chi connectivity index (χ2v) is 1.39. The average Bonchev–Trinajstić information content (AvgIpc) is 2.42. The predicted molar refractivity (Wildman–Crippen MR) is 24.9 cm³/mol. The fourth-order valence-corrected chi connectivity index (χ4v) is 0.336. The maximum absolute atomic E-state index is 9.59. The maximum Gasteiger partial charge on any atom is 0.142 e. The van der Waals surface area contributed by atoms with Crippen LogP contribution in [0.5, 0.6) is 0 Å². The number of hydrogen-bond donors (Lipinski definition) is 0. The summed E-state index contributed by atoms with van der Waals surface area (Å²) in [4.78, 5) is 9.59. The van der Waals surface area contributed by atoms with E-state index in [1.54, 1.807) is 6.08 Å². The van der Waals surface area contributed by atoms with Crippen molar-refractivity contribution >= 4 is 6.29 Å². The number of allylic oxidation sites excluding steroid dienone is 1. The van der Waals surface area contributed by atoms with Crippen molar-refractivity contribution in [1.82, 2.24) is 0 Å². The Hall–Kier alpha value is -0.630. The normalized spacial score (nSPS) is 28.3. The molecule has 2 heteroatoms. The Bertz CT molecular complexity index is 92.3. The molecule has 0 amide bonds. The summed E-state index contributed by atoms with van der Waals surface area (Å²) in [7, 11) is 0. The minimum absolute atomic E-state index is 0.241. The number of carbonyl (C=O) groups is 1. The molecule has 38 valence electrons. The highest BCUT2D eigenvalue weighted by atomic mass is 16.6. The third-order valence-electron chi connectivity index (χ3n) is 0.763. The van der Waals surface area contributed by atoms with Crippen LogP contribution >= 0.6 is 0 Å². The molecule has 1 fully saturated rings. The number of carbonyl (C=O) groups excluding carboxylic acids is 1. The van der Waals surface area contributed by atoms with E-state index in [1.165, 1.54) is 6.08 Å². The Morgan fingerprint density at radius 1 is 1.71 bits per heavy atom. The Balaban J connectivity index is 2.17. The molecule has 2 nitrogen and oxygen atoms in total. The fourth-order valence-electron chi connectivity index (χ4n) is 0.336. The van der Waals surface area contributed by atoms with Crippen molar-refractivity contribution in [2.75, 3.05) is 6.61 Å². The molecule has 0 aromatic carbocycles. The van der Waals surface area contributed by atoms with Gasteiger partial charge in [0.1, 0.15) is 6.29 Å². The van der Waals surface area contributed by atoms with Gasteiger partial charge in [-0.2, -0.15) is 0 Å². The van der Waals surface area contributed by atoms with Crippen molar-refractivity contribution in [1.29, 1.82) is 0 Å². The van der Waals surface area contributed by atoms with Crippen LogP contribution in [0.4, 0.5) is 0 Å². The Labute approximate surface area is 41.8 Å². The van der Waals surface area contributed by atoms with E-state index in [0.717, 1.165) is 12.9 Å². The first-order chi connectivity index (χ1) is 3.43. The molecular weight excluding hydrogens is 92.1 g/mol. The van der Waals surface area contributed by atoms with Crippen LogP contribution < -0.4 is 0 Å². The second-order valence-electron chi connectivity index (χ2n) is 1.39. The molecular formula is C5H6O2. The highest BCUT2D eigenvalue weighted by Gasteiger charge is 2.17. The van der Waals surface area contributed by atoms with Crippen LogP contribution in [-0.4, -0.2) is 19.0 Å². The first-order valence-electron chi connectivity index (χ1n) is 2.17. The molecule has 0 bridgehead atoms. The van der Waals surface area contributed by atoms with E-state index in [1.807, 2.05) is 0 Å². The lowest BCUT2D eigenvalue weighted by atomic mass is 10.4. The van der Waals surface area contributed by atoms with Gasteiger partial charge in [0.2, 0.25) is 0 Å². The molecule has 0 spiro atoms. The van der Waals surface area contributed by atoms with Crippen molar-refractivity contribution in [2.45, 2.75) is 6.10 Å². The minimum Gasteiger partial charge on any atom is -0.369 e. The average molecular weight is 98.1 g/mol. The molecule has 0 aromatic rings. The zero-order valence-corrected chi connectivity index (χ0v) is 3.83. The summed E-state index contributed by atoms with van der Waals surface area (Å²) in [6.45, 7) is 0.782. The molecule has 0 aromatic heterocycles. The first kappa shape index (κ1) is 4.53. The van der Waals surface area contributed by atoms with Crippen molar-refractivity contribution in [2.24, 2.45) is 0 Å². The third-order valence-corrected chi connectivity index (χ3v) is 0.763. The number of aldehydes is 1. The molecule has 1 atom stereocenters. The minimum atomic E-state index is 0.241. The van der Waals surface area contributed by atoms with Crippen LogP contribution in [0.2, 0.25) is 0 Å². The van der Waals surface area contributed by atoms with Crippen molar-refractivity contribution < 1.29 is 9.53 Å². The van der Waals surface area contributed by atoms with Gasteiger partial charge in [-0.05, 0) is 6.08 Å². The molecule has 1 rings (SSSR count). The predicted octanol–water partition coefficient (Wildman–Crippen LogP) is 0.140. The first-order valence-corrected chi connectivity index (χ1v) is 2.17. The molecule has 1 aliphatic rings. The van der Waals surface area contributed by atoms with Crippen LogP contribution in [0.15, 0.2) is 12.2 Å². The van der Waals surface area contributed by atoms with E-state index in [4.69, 9.17) is 4.74 Å². The van der Waals surface area contributed by atoms with Gasteiger partial charge in [-0.1, -0.05) is 6.08 Å². The van der Waals surface area contributed by atoms with Gasteiger partial charge < -0.3 is 4.74 Å². The molecule has 0 N–H and O–H groups in total. The molecule has 0 aliphatic carbocycles. The summed E-state index contributed by atoms with van der Waals surface area (Å²) in [5, 5.41) is 0. The monoisotopic (exact) mass is 98.0 g/mol. The zero-order chi connectivity index (χ0) is 5.11. The lowest BCUT2D eigenvalue weighted by Gasteiger charge is -1.66. The van der Waals surface area contributed by atoms with E-state index in [0.29, 0.717) is 0 Å². The SMILES string of the molecule is O=CC=CC1CO1. The fraction of sp³-hybridized carbons (Fsp3) is 0.400. The number of ether oxygens (including phenoxy) is 1. The van der Waals surface area contributed by atoms with Crippen LogP contribution in [0, 0.1) is 0 Å². The Morgan fingerprint density at radius 3 is 2.86 bits per heavy atom. The number of hydrogen-bond acceptors (Lipinski definition) is 2. The molecule has 7 heavy (non-hydrogen) atoms. The molecule has 0 radical (unpaired) electrons. The van der Waals surface area contributed by atoms with Crippen LogP contribution in [0.3, 0.4) is 0 Å². The molecule has 1 heterocycles. The molecule has 1 aliphatic heterocycles. The summed E-state index contributed by atoms with van der Waals surface area (Å²) >= 11 is 0.